The Morgan fingerprint density at radius 1 is 0.947 bits per heavy atom. The minimum Gasteiger partial charge on any atom is -0.396 e. The van der Waals surface area contributed by atoms with Crippen LogP contribution in [0.25, 0.3) is 0 Å². The Hall–Kier alpha value is -0.900. The van der Waals surface area contributed by atoms with Gasteiger partial charge in [0.05, 0.1) is 0 Å². The fraction of sp³-hybridized carbons (Fsp3) is 0.625. The summed E-state index contributed by atoms with van der Waals surface area (Å²) in [6, 6.07) is 8.88. The van der Waals surface area contributed by atoms with Crippen LogP contribution in [0.5, 0.6) is 0 Å². The summed E-state index contributed by atoms with van der Waals surface area (Å²) < 4.78 is 0. The number of rotatable bonds is 6. The smallest absolute Gasteiger partial charge is 0.0443 e. The zero-order chi connectivity index (χ0) is 13.5. The molecule has 1 aromatic carbocycles. The number of nitrogens with zero attached hydrogens (tertiary/aromatic N) is 2. The first kappa shape index (κ1) is 14.5. The Kier molecular flexibility index (Phi) is 5.83. The van der Waals surface area contributed by atoms with Crippen LogP contribution in [0.3, 0.4) is 0 Å². The second-order valence-electron chi connectivity index (χ2n) is 5.50. The van der Waals surface area contributed by atoms with E-state index in [0.717, 1.165) is 52.1 Å². The van der Waals surface area contributed by atoms with E-state index in [1.807, 2.05) is 0 Å². The van der Waals surface area contributed by atoms with E-state index < -0.39 is 0 Å². The van der Waals surface area contributed by atoms with Gasteiger partial charge in [-0.15, -0.1) is 0 Å². The maximum Gasteiger partial charge on any atom is 0.0443 e. The van der Waals surface area contributed by atoms with Crippen molar-refractivity contribution in [3.05, 3.63) is 35.4 Å². The van der Waals surface area contributed by atoms with Gasteiger partial charge in [0, 0.05) is 45.9 Å². The third kappa shape index (κ3) is 4.94. The van der Waals surface area contributed by atoms with Gasteiger partial charge in [-0.25, -0.2) is 0 Å². The SMILES string of the molecule is Cc1ccc(CCN2CCN(CCCO)CC2)cc1. The number of aliphatic hydroxyl groups is 1. The van der Waals surface area contributed by atoms with Gasteiger partial charge in [0.25, 0.3) is 0 Å². The molecule has 0 unspecified atom stereocenters. The molecular formula is C16H26N2O. The highest BCUT2D eigenvalue weighted by molar-refractivity contribution is 5.21. The lowest BCUT2D eigenvalue weighted by molar-refractivity contribution is 0.125. The lowest BCUT2D eigenvalue weighted by Gasteiger charge is -2.34. The molecule has 2 rings (SSSR count). The molecule has 0 amide bonds. The van der Waals surface area contributed by atoms with Crippen molar-refractivity contribution >= 4 is 0 Å². The van der Waals surface area contributed by atoms with Gasteiger partial charge in [0.15, 0.2) is 0 Å². The van der Waals surface area contributed by atoms with E-state index in [1.54, 1.807) is 0 Å². The number of piperazine rings is 1. The molecule has 1 N–H and O–H groups in total. The molecular weight excluding hydrogens is 236 g/mol. The summed E-state index contributed by atoms with van der Waals surface area (Å²) in [5.41, 5.74) is 2.77. The van der Waals surface area contributed by atoms with Gasteiger partial charge >= 0.3 is 0 Å². The van der Waals surface area contributed by atoms with Gasteiger partial charge in [0.2, 0.25) is 0 Å². The van der Waals surface area contributed by atoms with Crippen LogP contribution < -0.4 is 0 Å². The summed E-state index contributed by atoms with van der Waals surface area (Å²) in [5, 5.41) is 8.84. The van der Waals surface area contributed by atoms with Gasteiger partial charge in [-0.3, -0.25) is 0 Å². The average molecular weight is 262 g/mol. The van der Waals surface area contributed by atoms with E-state index in [9.17, 15) is 0 Å². The second kappa shape index (κ2) is 7.63. The van der Waals surface area contributed by atoms with Gasteiger partial charge in [-0.2, -0.15) is 0 Å². The fourth-order valence-electron chi connectivity index (χ4n) is 2.57. The van der Waals surface area contributed by atoms with Crippen molar-refractivity contribution in [3.8, 4) is 0 Å². The lowest BCUT2D eigenvalue weighted by atomic mass is 10.1. The maximum atomic E-state index is 8.84. The van der Waals surface area contributed by atoms with Crippen molar-refractivity contribution in [1.29, 1.82) is 0 Å². The minimum absolute atomic E-state index is 0.313. The number of benzene rings is 1. The normalized spacial score (nSPS) is 17.8. The first-order chi connectivity index (χ1) is 9.28. The topological polar surface area (TPSA) is 26.7 Å². The van der Waals surface area contributed by atoms with Crippen molar-refractivity contribution in [2.75, 3.05) is 45.9 Å². The highest BCUT2D eigenvalue weighted by atomic mass is 16.3. The lowest BCUT2D eigenvalue weighted by Crippen LogP contribution is -2.47. The van der Waals surface area contributed by atoms with E-state index >= 15 is 0 Å². The van der Waals surface area contributed by atoms with Crippen molar-refractivity contribution in [1.82, 2.24) is 9.80 Å². The summed E-state index contributed by atoms with van der Waals surface area (Å²) in [6.45, 7) is 9.28. The molecule has 1 fully saturated rings. The summed E-state index contributed by atoms with van der Waals surface area (Å²) in [5.74, 6) is 0. The summed E-state index contributed by atoms with van der Waals surface area (Å²) in [7, 11) is 0. The molecule has 0 atom stereocenters. The molecule has 1 heterocycles. The second-order valence-corrected chi connectivity index (χ2v) is 5.50. The summed E-state index contributed by atoms with van der Waals surface area (Å²) in [4.78, 5) is 5.01. The van der Waals surface area contributed by atoms with Crippen LogP contribution in [0.15, 0.2) is 24.3 Å². The Bertz CT molecular complexity index is 356. The molecule has 0 bridgehead atoms. The third-order valence-electron chi connectivity index (χ3n) is 3.93. The van der Waals surface area contributed by atoms with Crippen molar-refractivity contribution < 1.29 is 5.11 Å². The molecule has 3 heteroatoms. The van der Waals surface area contributed by atoms with Crippen LogP contribution in [0.2, 0.25) is 0 Å². The predicted molar refractivity (Wildman–Crippen MR) is 79.5 cm³/mol. The zero-order valence-corrected chi connectivity index (χ0v) is 12.0. The minimum atomic E-state index is 0.313. The summed E-state index contributed by atoms with van der Waals surface area (Å²) in [6.07, 6.45) is 2.06. The largest absolute Gasteiger partial charge is 0.396 e. The number of aryl methyl sites for hydroxylation is 1. The molecule has 19 heavy (non-hydrogen) atoms. The van der Waals surface area contributed by atoms with Gasteiger partial charge in [-0.1, -0.05) is 29.8 Å². The Labute approximate surface area is 116 Å². The molecule has 0 aromatic heterocycles. The van der Waals surface area contributed by atoms with E-state index in [4.69, 9.17) is 5.11 Å². The first-order valence-electron chi connectivity index (χ1n) is 7.39. The van der Waals surface area contributed by atoms with Crippen LogP contribution in [0.4, 0.5) is 0 Å². The highest BCUT2D eigenvalue weighted by Crippen LogP contribution is 2.07. The number of aliphatic hydroxyl groups excluding tert-OH is 1. The van der Waals surface area contributed by atoms with E-state index in [2.05, 4.69) is 41.0 Å². The van der Waals surface area contributed by atoms with Gasteiger partial charge in [-0.05, 0) is 25.3 Å². The molecule has 0 spiro atoms. The Morgan fingerprint density at radius 3 is 2.11 bits per heavy atom. The molecule has 0 aliphatic carbocycles. The standard InChI is InChI=1S/C16H26N2O/c1-15-3-5-16(6-4-15)7-9-18-12-10-17(11-13-18)8-2-14-19/h3-6,19H,2,7-14H2,1H3. The third-order valence-corrected chi connectivity index (χ3v) is 3.93. The average Bonchev–Trinajstić information content (AvgIpc) is 2.46. The van der Waals surface area contributed by atoms with Crippen molar-refractivity contribution in [3.63, 3.8) is 0 Å². The van der Waals surface area contributed by atoms with Crippen LogP contribution in [0.1, 0.15) is 17.5 Å². The number of hydrogen-bond donors (Lipinski definition) is 1. The van der Waals surface area contributed by atoms with Crippen LogP contribution >= 0.6 is 0 Å². The van der Waals surface area contributed by atoms with Crippen LogP contribution in [0, 0.1) is 6.92 Å². The monoisotopic (exact) mass is 262 g/mol. The summed E-state index contributed by atoms with van der Waals surface area (Å²) >= 11 is 0. The highest BCUT2D eigenvalue weighted by Gasteiger charge is 2.15. The Balaban J connectivity index is 1.67. The molecule has 3 nitrogen and oxygen atoms in total. The molecule has 0 radical (unpaired) electrons. The van der Waals surface area contributed by atoms with Crippen LogP contribution in [-0.2, 0) is 6.42 Å². The molecule has 1 aromatic rings. The quantitative estimate of drug-likeness (QED) is 0.842. The van der Waals surface area contributed by atoms with Crippen molar-refractivity contribution in [2.45, 2.75) is 19.8 Å². The molecule has 0 saturated carbocycles. The molecule has 106 valence electrons. The number of hydrogen-bond acceptors (Lipinski definition) is 3. The molecule has 1 aliphatic heterocycles. The van der Waals surface area contributed by atoms with E-state index in [1.165, 1.54) is 11.1 Å². The van der Waals surface area contributed by atoms with Crippen LogP contribution in [-0.4, -0.2) is 60.8 Å². The first-order valence-corrected chi connectivity index (χ1v) is 7.39. The predicted octanol–water partition coefficient (Wildman–Crippen LogP) is 1.54. The zero-order valence-electron chi connectivity index (χ0n) is 12.0. The fourth-order valence-corrected chi connectivity index (χ4v) is 2.57. The van der Waals surface area contributed by atoms with E-state index in [0.29, 0.717) is 6.61 Å². The van der Waals surface area contributed by atoms with Crippen molar-refractivity contribution in [2.24, 2.45) is 0 Å². The Morgan fingerprint density at radius 2 is 1.53 bits per heavy atom. The maximum absolute atomic E-state index is 8.84. The van der Waals surface area contributed by atoms with Gasteiger partial charge in [0.1, 0.15) is 0 Å². The molecule has 1 aliphatic rings. The van der Waals surface area contributed by atoms with E-state index in [-0.39, 0.29) is 0 Å². The van der Waals surface area contributed by atoms with Gasteiger partial charge < -0.3 is 14.9 Å². The molecule has 1 saturated heterocycles.